The Morgan fingerprint density at radius 1 is 1.00 bits per heavy atom. The van der Waals surface area contributed by atoms with Crippen molar-refractivity contribution in [1.29, 1.82) is 0 Å². The number of nitrogens with zero attached hydrogens (tertiary/aromatic N) is 3. The van der Waals surface area contributed by atoms with E-state index in [2.05, 4.69) is 33.3 Å². The Morgan fingerprint density at radius 2 is 1.81 bits per heavy atom. The number of H-pyrrole nitrogens is 1. The number of fused-ring (bicyclic) bond motifs is 1. The van der Waals surface area contributed by atoms with Crippen LogP contribution in [0.15, 0.2) is 48.7 Å². The summed E-state index contributed by atoms with van der Waals surface area (Å²) in [5.74, 6) is 0.347. The van der Waals surface area contributed by atoms with Gasteiger partial charge in [-0.2, -0.15) is 5.10 Å². The number of rotatable bonds is 5. The summed E-state index contributed by atoms with van der Waals surface area (Å²) in [6, 6.07) is 14.3. The molecule has 1 atom stereocenters. The Hall–Kier alpha value is -2.74. The molecule has 1 unspecified atom stereocenters. The van der Waals surface area contributed by atoms with Crippen LogP contribution in [-0.2, 0) is 22.4 Å². The molecule has 7 heteroatoms. The number of benzene rings is 2. The van der Waals surface area contributed by atoms with E-state index < -0.39 is 0 Å². The molecule has 0 aliphatic carbocycles. The lowest BCUT2D eigenvalue weighted by atomic mass is 9.96. The van der Waals surface area contributed by atoms with Gasteiger partial charge in [-0.3, -0.25) is 14.8 Å². The van der Waals surface area contributed by atoms with Gasteiger partial charge < -0.3 is 14.4 Å². The third-order valence-corrected chi connectivity index (χ3v) is 6.45. The summed E-state index contributed by atoms with van der Waals surface area (Å²) in [5.41, 5.74) is 4.18. The minimum Gasteiger partial charge on any atom is -0.379 e. The van der Waals surface area contributed by atoms with Crippen LogP contribution in [0.1, 0.15) is 21.5 Å². The molecule has 3 aromatic rings. The van der Waals surface area contributed by atoms with Crippen molar-refractivity contribution in [3.8, 4) is 0 Å². The van der Waals surface area contributed by atoms with Gasteiger partial charge in [0.1, 0.15) is 0 Å². The molecule has 5 rings (SSSR count). The maximum Gasteiger partial charge on any atom is 0.254 e. The molecule has 0 saturated carbocycles. The maximum absolute atomic E-state index is 13.6. The number of morpholine rings is 1. The molecule has 2 aliphatic rings. The van der Waals surface area contributed by atoms with Crippen molar-refractivity contribution in [2.75, 3.05) is 52.6 Å². The van der Waals surface area contributed by atoms with E-state index in [9.17, 15) is 4.79 Å². The van der Waals surface area contributed by atoms with Gasteiger partial charge in [0.25, 0.3) is 5.91 Å². The SMILES string of the molecule is O=C(c1ccccc1CN1CCOCC1)N1CCOCC(Cc2cccc3[nH]ncc23)C1. The molecular weight excluding hydrogens is 404 g/mol. The van der Waals surface area contributed by atoms with Crippen LogP contribution >= 0.6 is 0 Å². The van der Waals surface area contributed by atoms with Crippen LogP contribution in [0.2, 0.25) is 0 Å². The normalized spacial score (nSPS) is 20.4. The molecule has 1 aromatic heterocycles. The van der Waals surface area contributed by atoms with Gasteiger partial charge in [-0.15, -0.1) is 0 Å². The predicted octanol–water partition coefficient (Wildman–Crippen LogP) is 2.73. The van der Waals surface area contributed by atoms with E-state index in [4.69, 9.17) is 9.47 Å². The highest BCUT2D eigenvalue weighted by Crippen LogP contribution is 2.23. The van der Waals surface area contributed by atoms with Crippen molar-refractivity contribution < 1.29 is 14.3 Å². The molecule has 0 radical (unpaired) electrons. The Balaban J connectivity index is 1.32. The largest absolute Gasteiger partial charge is 0.379 e. The molecule has 0 spiro atoms. The van der Waals surface area contributed by atoms with Gasteiger partial charge in [-0.1, -0.05) is 30.3 Å². The average molecular weight is 435 g/mol. The summed E-state index contributed by atoms with van der Waals surface area (Å²) in [6.45, 7) is 6.65. The van der Waals surface area contributed by atoms with Crippen LogP contribution in [0.4, 0.5) is 0 Å². The number of hydrogen-bond acceptors (Lipinski definition) is 5. The van der Waals surface area contributed by atoms with Crippen LogP contribution in [0, 0.1) is 5.92 Å². The molecule has 1 N–H and O–H groups in total. The minimum atomic E-state index is 0.103. The van der Waals surface area contributed by atoms with Crippen molar-refractivity contribution in [2.45, 2.75) is 13.0 Å². The average Bonchev–Trinajstić information content (AvgIpc) is 3.20. The number of carbonyl (C=O) groups excluding carboxylic acids is 1. The molecule has 0 bridgehead atoms. The van der Waals surface area contributed by atoms with E-state index >= 15 is 0 Å². The number of aromatic nitrogens is 2. The first-order valence-corrected chi connectivity index (χ1v) is 11.4. The number of hydrogen-bond donors (Lipinski definition) is 1. The Labute approximate surface area is 188 Å². The van der Waals surface area contributed by atoms with Gasteiger partial charge in [-0.25, -0.2) is 0 Å². The highest BCUT2D eigenvalue weighted by atomic mass is 16.5. The summed E-state index contributed by atoms with van der Waals surface area (Å²) >= 11 is 0. The zero-order valence-electron chi connectivity index (χ0n) is 18.3. The third-order valence-electron chi connectivity index (χ3n) is 6.45. The number of amides is 1. The van der Waals surface area contributed by atoms with Crippen LogP contribution in [-0.4, -0.2) is 78.5 Å². The first kappa shape index (κ1) is 21.1. The van der Waals surface area contributed by atoms with Crippen LogP contribution in [0.5, 0.6) is 0 Å². The second-order valence-electron chi connectivity index (χ2n) is 8.69. The van der Waals surface area contributed by atoms with Crippen LogP contribution < -0.4 is 0 Å². The van der Waals surface area contributed by atoms with Crippen molar-refractivity contribution in [3.05, 3.63) is 65.4 Å². The van der Waals surface area contributed by atoms with Crippen molar-refractivity contribution >= 4 is 16.8 Å². The first-order valence-electron chi connectivity index (χ1n) is 11.4. The molecule has 2 aromatic carbocycles. The van der Waals surface area contributed by atoms with E-state index in [1.807, 2.05) is 35.4 Å². The van der Waals surface area contributed by atoms with Gasteiger partial charge >= 0.3 is 0 Å². The van der Waals surface area contributed by atoms with Crippen molar-refractivity contribution in [1.82, 2.24) is 20.0 Å². The van der Waals surface area contributed by atoms with E-state index in [1.54, 1.807) is 0 Å². The number of nitrogens with one attached hydrogen (secondary N) is 1. The zero-order valence-corrected chi connectivity index (χ0v) is 18.3. The molecule has 2 aliphatic heterocycles. The molecule has 2 saturated heterocycles. The molecule has 1 amide bonds. The summed E-state index contributed by atoms with van der Waals surface area (Å²) in [5, 5.41) is 8.37. The lowest BCUT2D eigenvalue weighted by Gasteiger charge is -2.28. The molecular formula is C25H30N4O3. The molecule has 3 heterocycles. The van der Waals surface area contributed by atoms with Gasteiger partial charge in [0.2, 0.25) is 0 Å². The summed E-state index contributed by atoms with van der Waals surface area (Å²) in [7, 11) is 0. The summed E-state index contributed by atoms with van der Waals surface area (Å²) < 4.78 is 11.4. The van der Waals surface area contributed by atoms with E-state index in [0.717, 1.165) is 61.3 Å². The number of carbonyl (C=O) groups is 1. The predicted molar refractivity (Wildman–Crippen MR) is 123 cm³/mol. The van der Waals surface area contributed by atoms with Crippen LogP contribution in [0.3, 0.4) is 0 Å². The summed E-state index contributed by atoms with van der Waals surface area (Å²) in [4.78, 5) is 17.9. The maximum atomic E-state index is 13.6. The molecule has 7 nitrogen and oxygen atoms in total. The monoisotopic (exact) mass is 434 g/mol. The Bertz CT molecular complexity index is 1060. The van der Waals surface area contributed by atoms with Gasteiger partial charge in [0.15, 0.2) is 0 Å². The minimum absolute atomic E-state index is 0.103. The third kappa shape index (κ3) is 4.70. The first-order chi connectivity index (χ1) is 15.8. The van der Waals surface area contributed by atoms with Crippen molar-refractivity contribution in [3.63, 3.8) is 0 Å². The quantitative estimate of drug-likeness (QED) is 0.669. The second-order valence-corrected chi connectivity index (χ2v) is 8.69. The highest BCUT2D eigenvalue weighted by Gasteiger charge is 2.26. The molecule has 168 valence electrons. The van der Waals surface area contributed by atoms with Gasteiger partial charge in [-0.05, 0) is 29.7 Å². The van der Waals surface area contributed by atoms with E-state index in [0.29, 0.717) is 26.3 Å². The second kappa shape index (κ2) is 9.81. The van der Waals surface area contributed by atoms with Crippen LogP contribution in [0.25, 0.3) is 10.9 Å². The lowest BCUT2D eigenvalue weighted by Crippen LogP contribution is -2.38. The standard InChI is InChI=1S/C25H30N4O3/c30-25(22-6-2-1-4-21(22)17-28-8-11-31-12-9-28)29-10-13-32-18-19(16-29)14-20-5-3-7-24-23(20)15-26-27-24/h1-7,15,19H,8-14,16-18H2,(H,26,27). The fourth-order valence-electron chi connectivity index (χ4n) is 4.74. The Morgan fingerprint density at radius 3 is 2.72 bits per heavy atom. The number of aromatic amines is 1. The number of ether oxygens (including phenoxy) is 2. The summed E-state index contributed by atoms with van der Waals surface area (Å²) in [6.07, 6.45) is 2.74. The molecule has 32 heavy (non-hydrogen) atoms. The fourth-order valence-corrected chi connectivity index (χ4v) is 4.74. The lowest BCUT2D eigenvalue weighted by molar-refractivity contribution is 0.0339. The molecule has 2 fully saturated rings. The Kier molecular flexibility index (Phi) is 6.48. The topological polar surface area (TPSA) is 70.7 Å². The van der Waals surface area contributed by atoms with Gasteiger partial charge in [0, 0.05) is 49.6 Å². The van der Waals surface area contributed by atoms with E-state index in [-0.39, 0.29) is 11.8 Å². The van der Waals surface area contributed by atoms with E-state index in [1.165, 1.54) is 5.56 Å². The van der Waals surface area contributed by atoms with Gasteiger partial charge in [0.05, 0.1) is 38.1 Å². The smallest absolute Gasteiger partial charge is 0.254 e. The highest BCUT2D eigenvalue weighted by molar-refractivity contribution is 5.95. The van der Waals surface area contributed by atoms with Crippen molar-refractivity contribution in [2.24, 2.45) is 5.92 Å². The fraction of sp³-hybridized carbons (Fsp3) is 0.440. The zero-order chi connectivity index (χ0) is 21.8.